The van der Waals surface area contributed by atoms with Crippen LogP contribution in [0.4, 0.5) is 0 Å². The second-order valence-electron chi connectivity index (χ2n) is 5.85. The van der Waals surface area contributed by atoms with E-state index in [1.54, 1.807) is 0 Å². The Labute approximate surface area is 96.4 Å². The van der Waals surface area contributed by atoms with Gasteiger partial charge in [0.2, 0.25) is 0 Å². The molecule has 2 aliphatic carbocycles. The maximum Gasteiger partial charge on any atom is 0.317 e. The molecule has 86 valence electrons. The Bertz CT molecular complexity index is 418. The molecule has 0 amide bonds. The van der Waals surface area contributed by atoms with Crippen molar-refractivity contribution < 1.29 is 9.53 Å². The Morgan fingerprint density at radius 2 is 2.12 bits per heavy atom. The highest BCUT2D eigenvalue weighted by Gasteiger charge is 2.67. The molecule has 0 aromatic heterocycles. The average molecular weight is 218 g/mol. The molecule has 0 unspecified atom stereocenters. The molecule has 0 aromatic carbocycles. The first-order valence-electron chi connectivity index (χ1n) is 6.07. The lowest BCUT2D eigenvalue weighted by molar-refractivity contribution is -0.203. The molecule has 2 heterocycles. The van der Waals surface area contributed by atoms with Crippen molar-refractivity contribution >= 4 is 5.97 Å². The highest BCUT2D eigenvalue weighted by Crippen LogP contribution is 2.66. The van der Waals surface area contributed by atoms with Gasteiger partial charge in [-0.3, -0.25) is 4.79 Å². The molecule has 2 atom stereocenters. The molecule has 2 saturated heterocycles. The van der Waals surface area contributed by atoms with E-state index in [-0.39, 0.29) is 16.8 Å². The molecule has 16 heavy (non-hydrogen) atoms. The number of fused-ring (bicyclic) bond motifs is 2. The first-order valence-corrected chi connectivity index (χ1v) is 6.07. The van der Waals surface area contributed by atoms with Crippen molar-refractivity contribution in [3.05, 3.63) is 24.3 Å². The van der Waals surface area contributed by atoms with Crippen molar-refractivity contribution in [2.75, 3.05) is 0 Å². The quantitative estimate of drug-likeness (QED) is 0.499. The third kappa shape index (κ3) is 0.804. The smallest absolute Gasteiger partial charge is 0.317 e. The van der Waals surface area contributed by atoms with E-state index in [9.17, 15) is 4.79 Å². The molecular weight excluding hydrogens is 200 g/mol. The van der Waals surface area contributed by atoms with Crippen LogP contribution >= 0.6 is 0 Å². The molecule has 1 saturated carbocycles. The molecule has 3 fully saturated rings. The van der Waals surface area contributed by atoms with Gasteiger partial charge in [-0.1, -0.05) is 26.5 Å². The number of ether oxygens (including phenoxy) is 1. The lowest BCUT2D eigenvalue weighted by Gasteiger charge is -2.59. The Morgan fingerprint density at radius 1 is 1.38 bits per heavy atom. The number of carbonyl (C=O) groups is 1. The third-order valence-corrected chi connectivity index (χ3v) is 5.08. The molecule has 0 radical (unpaired) electrons. The number of hydrogen-bond donors (Lipinski definition) is 0. The van der Waals surface area contributed by atoms with Gasteiger partial charge >= 0.3 is 5.97 Å². The number of hydrogen-bond acceptors (Lipinski definition) is 2. The SMILES string of the molecule is C=C[C@@]12CC[C@]3(CCC=C3C1(C)C)C(=O)O2. The predicted octanol–water partition coefficient (Wildman–Crippen LogP) is 2.99. The van der Waals surface area contributed by atoms with Gasteiger partial charge in [0.25, 0.3) is 0 Å². The van der Waals surface area contributed by atoms with Gasteiger partial charge in [-0.05, 0) is 37.3 Å². The Kier molecular flexibility index (Phi) is 1.65. The molecule has 2 bridgehead atoms. The first-order chi connectivity index (χ1) is 7.48. The zero-order chi connectivity index (χ0) is 11.6. The van der Waals surface area contributed by atoms with Gasteiger partial charge in [0.15, 0.2) is 0 Å². The summed E-state index contributed by atoms with van der Waals surface area (Å²) in [7, 11) is 0. The molecule has 1 spiro atoms. The van der Waals surface area contributed by atoms with Crippen LogP contribution in [-0.4, -0.2) is 11.6 Å². The van der Waals surface area contributed by atoms with Gasteiger partial charge in [-0.25, -0.2) is 0 Å². The molecule has 2 aliphatic heterocycles. The predicted molar refractivity (Wildman–Crippen MR) is 61.8 cm³/mol. The van der Waals surface area contributed by atoms with Crippen molar-refractivity contribution in [2.24, 2.45) is 10.8 Å². The van der Waals surface area contributed by atoms with E-state index < -0.39 is 5.60 Å². The normalized spacial score (nSPS) is 43.6. The van der Waals surface area contributed by atoms with E-state index in [2.05, 4.69) is 26.5 Å². The Hall–Kier alpha value is -1.05. The van der Waals surface area contributed by atoms with Crippen molar-refractivity contribution in [2.45, 2.75) is 45.1 Å². The van der Waals surface area contributed by atoms with E-state index >= 15 is 0 Å². The molecule has 4 aliphatic rings. The summed E-state index contributed by atoms with van der Waals surface area (Å²) in [6, 6.07) is 0. The number of allylic oxidation sites excluding steroid dienone is 1. The van der Waals surface area contributed by atoms with E-state index in [1.807, 2.05) is 6.08 Å². The second-order valence-corrected chi connectivity index (χ2v) is 5.85. The van der Waals surface area contributed by atoms with E-state index in [0.29, 0.717) is 0 Å². The standard InChI is InChI=1S/C14H18O2/c1-4-14-9-8-13(11(15)16-14)7-5-6-10(13)12(14,2)3/h4,6H,1,5,7-9H2,2-3H3/t13-,14+/m0/s1. The maximum atomic E-state index is 12.2. The average Bonchev–Trinajstić information content (AvgIpc) is 2.68. The van der Waals surface area contributed by atoms with Crippen LogP contribution in [0.3, 0.4) is 0 Å². The lowest BCUT2D eigenvalue weighted by atomic mass is 9.52. The van der Waals surface area contributed by atoms with Gasteiger partial charge in [-0.15, -0.1) is 0 Å². The van der Waals surface area contributed by atoms with Crippen LogP contribution in [0.15, 0.2) is 24.3 Å². The van der Waals surface area contributed by atoms with Crippen LogP contribution in [-0.2, 0) is 9.53 Å². The molecule has 0 N–H and O–H groups in total. The van der Waals surface area contributed by atoms with E-state index in [0.717, 1.165) is 25.7 Å². The summed E-state index contributed by atoms with van der Waals surface area (Å²) in [4.78, 5) is 12.2. The molecule has 2 nitrogen and oxygen atoms in total. The fourth-order valence-electron chi connectivity index (χ4n) is 4.00. The summed E-state index contributed by atoms with van der Waals surface area (Å²) in [5, 5.41) is 0. The molecule has 0 aromatic rings. The summed E-state index contributed by atoms with van der Waals surface area (Å²) >= 11 is 0. The fourth-order valence-corrected chi connectivity index (χ4v) is 4.00. The van der Waals surface area contributed by atoms with Gasteiger partial charge in [0.1, 0.15) is 5.60 Å². The van der Waals surface area contributed by atoms with Gasteiger partial charge in [0.05, 0.1) is 5.41 Å². The molecular formula is C14H18O2. The summed E-state index contributed by atoms with van der Waals surface area (Å²) in [6.07, 6.45) is 7.92. The van der Waals surface area contributed by atoms with Crippen molar-refractivity contribution in [1.29, 1.82) is 0 Å². The largest absolute Gasteiger partial charge is 0.453 e. The zero-order valence-corrected chi connectivity index (χ0v) is 10.0. The fraction of sp³-hybridized carbons (Fsp3) is 0.643. The molecule has 4 rings (SSSR count). The summed E-state index contributed by atoms with van der Waals surface area (Å²) in [5.41, 5.74) is 0.468. The molecule has 2 heteroatoms. The monoisotopic (exact) mass is 218 g/mol. The minimum Gasteiger partial charge on any atom is -0.453 e. The van der Waals surface area contributed by atoms with Crippen LogP contribution in [0.1, 0.15) is 39.5 Å². The Balaban J connectivity index is 2.23. The lowest BCUT2D eigenvalue weighted by Crippen LogP contribution is -2.63. The summed E-state index contributed by atoms with van der Waals surface area (Å²) in [6.45, 7) is 8.26. The van der Waals surface area contributed by atoms with Crippen LogP contribution in [0.2, 0.25) is 0 Å². The second kappa shape index (κ2) is 2.61. The van der Waals surface area contributed by atoms with Crippen molar-refractivity contribution in [1.82, 2.24) is 0 Å². The van der Waals surface area contributed by atoms with Crippen LogP contribution in [0.25, 0.3) is 0 Å². The number of carbonyl (C=O) groups excluding carboxylic acids is 1. The minimum atomic E-state index is -0.470. The van der Waals surface area contributed by atoms with Gasteiger partial charge in [0, 0.05) is 5.41 Å². The Morgan fingerprint density at radius 3 is 2.75 bits per heavy atom. The summed E-state index contributed by atoms with van der Waals surface area (Å²) < 4.78 is 5.74. The number of esters is 1. The van der Waals surface area contributed by atoms with Gasteiger partial charge < -0.3 is 4.74 Å². The third-order valence-electron chi connectivity index (χ3n) is 5.08. The zero-order valence-electron chi connectivity index (χ0n) is 10.0. The van der Waals surface area contributed by atoms with Crippen LogP contribution < -0.4 is 0 Å². The highest BCUT2D eigenvalue weighted by molar-refractivity contribution is 5.85. The van der Waals surface area contributed by atoms with Crippen molar-refractivity contribution in [3.8, 4) is 0 Å². The maximum absolute atomic E-state index is 12.2. The highest BCUT2D eigenvalue weighted by atomic mass is 16.6. The topological polar surface area (TPSA) is 26.3 Å². The van der Waals surface area contributed by atoms with E-state index in [4.69, 9.17) is 4.74 Å². The first kappa shape index (κ1) is 10.1. The number of rotatable bonds is 1. The van der Waals surface area contributed by atoms with Crippen LogP contribution in [0, 0.1) is 10.8 Å². The van der Waals surface area contributed by atoms with Crippen LogP contribution in [0.5, 0.6) is 0 Å². The van der Waals surface area contributed by atoms with Gasteiger partial charge in [-0.2, -0.15) is 0 Å². The van der Waals surface area contributed by atoms with E-state index in [1.165, 1.54) is 5.57 Å². The van der Waals surface area contributed by atoms with Crippen molar-refractivity contribution in [3.63, 3.8) is 0 Å². The summed E-state index contributed by atoms with van der Waals surface area (Å²) in [5.74, 6) is -0.0123. The minimum absolute atomic E-state index is 0.0123.